The lowest BCUT2D eigenvalue weighted by molar-refractivity contribution is -0.129. The first-order valence-electron chi connectivity index (χ1n) is 8.06. The molecule has 1 aliphatic heterocycles. The Labute approximate surface area is 164 Å². The Morgan fingerprint density at radius 1 is 1.16 bits per heavy atom. The van der Waals surface area contributed by atoms with Gasteiger partial charge in [0.15, 0.2) is 0 Å². The topological polar surface area (TPSA) is 46.3 Å². The lowest BCUT2D eigenvalue weighted by atomic mass is 9.95. The maximum Gasteiger partial charge on any atom is 0.235 e. The molecule has 25 heavy (non-hydrogen) atoms. The van der Waals surface area contributed by atoms with Crippen molar-refractivity contribution in [2.24, 2.45) is 5.73 Å². The molecule has 1 aliphatic rings. The fourth-order valence-corrected chi connectivity index (χ4v) is 4.16. The van der Waals surface area contributed by atoms with E-state index in [1.54, 1.807) is 11.8 Å². The molecule has 3 atom stereocenters. The number of nitrogens with zero attached hydrogens (tertiary/aromatic N) is 1. The predicted molar refractivity (Wildman–Crippen MR) is 108 cm³/mol. The van der Waals surface area contributed by atoms with E-state index in [2.05, 4.69) is 12.1 Å². The highest BCUT2D eigenvalue weighted by atomic mass is 35.5. The van der Waals surface area contributed by atoms with Gasteiger partial charge < -0.3 is 10.6 Å². The van der Waals surface area contributed by atoms with Crippen LogP contribution in [-0.4, -0.2) is 35.2 Å². The maximum absolute atomic E-state index is 12.8. The average molecular weight is 397 g/mol. The number of thioether (sulfide) groups is 1. The molecule has 1 unspecified atom stereocenters. The summed E-state index contributed by atoms with van der Waals surface area (Å²) in [6.07, 6.45) is 0. The molecule has 1 fully saturated rings. The molecule has 3 rings (SSSR count). The van der Waals surface area contributed by atoms with E-state index >= 15 is 0 Å². The number of amides is 1. The summed E-state index contributed by atoms with van der Waals surface area (Å²) in [5, 5.41) is 0.558. The van der Waals surface area contributed by atoms with Crippen LogP contribution >= 0.6 is 35.8 Å². The van der Waals surface area contributed by atoms with Gasteiger partial charge >= 0.3 is 0 Å². The Bertz CT molecular complexity index is 696. The van der Waals surface area contributed by atoms with Gasteiger partial charge in [-0.3, -0.25) is 4.79 Å². The normalized spacial score (nSPS) is 20.8. The van der Waals surface area contributed by atoms with Gasteiger partial charge in [-0.2, -0.15) is 0 Å². The molecule has 1 amide bonds. The van der Waals surface area contributed by atoms with Gasteiger partial charge in [0.1, 0.15) is 0 Å². The van der Waals surface area contributed by atoms with Crippen molar-refractivity contribution in [1.82, 2.24) is 4.90 Å². The van der Waals surface area contributed by atoms with Crippen molar-refractivity contribution in [3.63, 3.8) is 0 Å². The van der Waals surface area contributed by atoms with Crippen LogP contribution in [0.1, 0.15) is 18.4 Å². The van der Waals surface area contributed by atoms with Gasteiger partial charge in [-0.05, 0) is 36.8 Å². The molecule has 134 valence electrons. The highest BCUT2D eigenvalue weighted by Gasteiger charge is 2.35. The van der Waals surface area contributed by atoms with Gasteiger partial charge in [-0.25, -0.2) is 0 Å². The van der Waals surface area contributed by atoms with E-state index in [-0.39, 0.29) is 35.5 Å². The number of hydrogen-bond donors (Lipinski definition) is 1. The summed E-state index contributed by atoms with van der Waals surface area (Å²) < 4.78 is 0. The molecule has 1 heterocycles. The quantitative estimate of drug-likeness (QED) is 0.787. The lowest BCUT2D eigenvalue weighted by Gasteiger charge is -2.20. The van der Waals surface area contributed by atoms with E-state index < -0.39 is 0 Å². The first-order valence-corrected chi connectivity index (χ1v) is 9.32. The summed E-state index contributed by atoms with van der Waals surface area (Å²) in [5.74, 6) is 0.353. The van der Waals surface area contributed by atoms with Crippen LogP contribution in [0.4, 0.5) is 0 Å². The molecule has 0 aromatic heterocycles. The molecule has 2 N–H and O–H groups in total. The zero-order valence-corrected chi connectivity index (χ0v) is 16.4. The van der Waals surface area contributed by atoms with Crippen LogP contribution in [0.2, 0.25) is 5.02 Å². The van der Waals surface area contributed by atoms with Crippen LogP contribution in [0, 0.1) is 0 Å². The third kappa shape index (κ3) is 4.91. The van der Waals surface area contributed by atoms with Crippen molar-refractivity contribution in [2.75, 3.05) is 13.1 Å². The maximum atomic E-state index is 12.8. The number of benzene rings is 2. The Morgan fingerprint density at radius 3 is 2.44 bits per heavy atom. The zero-order chi connectivity index (χ0) is 17.1. The molecule has 3 nitrogen and oxygen atoms in total. The van der Waals surface area contributed by atoms with Gasteiger partial charge in [0.05, 0.1) is 5.25 Å². The Balaban J connectivity index is 0.00000225. The van der Waals surface area contributed by atoms with Crippen molar-refractivity contribution in [3.05, 3.63) is 65.2 Å². The second-order valence-electron chi connectivity index (χ2n) is 6.14. The highest BCUT2D eigenvalue weighted by Crippen LogP contribution is 2.30. The first kappa shape index (κ1) is 20.1. The molecule has 2 aromatic carbocycles. The van der Waals surface area contributed by atoms with Crippen molar-refractivity contribution < 1.29 is 4.79 Å². The fourth-order valence-electron chi connectivity index (χ4n) is 3.09. The fraction of sp³-hybridized carbons (Fsp3) is 0.316. The molecule has 2 aromatic rings. The summed E-state index contributed by atoms with van der Waals surface area (Å²) >= 11 is 7.46. The van der Waals surface area contributed by atoms with E-state index in [1.165, 1.54) is 5.56 Å². The third-order valence-electron chi connectivity index (χ3n) is 4.38. The Hall–Kier alpha value is -1.20. The number of halogens is 2. The lowest BCUT2D eigenvalue weighted by Crippen LogP contribution is -2.36. The van der Waals surface area contributed by atoms with Gasteiger partial charge in [0, 0.05) is 35.0 Å². The van der Waals surface area contributed by atoms with Crippen LogP contribution in [0.25, 0.3) is 0 Å². The third-order valence-corrected chi connectivity index (χ3v) is 5.73. The molecule has 0 radical (unpaired) electrons. The van der Waals surface area contributed by atoms with Gasteiger partial charge in [0.25, 0.3) is 0 Å². The van der Waals surface area contributed by atoms with Crippen LogP contribution in [0.15, 0.2) is 59.5 Å². The smallest absolute Gasteiger partial charge is 0.235 e. The minimum absolute atomic E-state index is 0. The summed E-state index contributed by atoms with van der Waals surface area (Å²) in [7, 11) is 0. The molecule has 0 bridgehead atoms. The minimum atomic E-state index is -0.145. The predicted octanol–water partition coefficient (Wildman–Crippen LogP) is 4.20. The number of carbonyl (C=O) groups is 1. The van der Waals surface area contributed by atoms with Crippen LogP contribution in [0.3, 0.4) is 0 Å². The summed E-state index contributed by atoms with van der Waals surface area (Å²) in [5.41, 5.74) is 7.50. The zero-order valence-electron chi connectivity index (χ0n) is 14.0. The van der Waals surface area contributed by atoms with Gasteiger partial charge in [-0.1, -0.05) is 41.9 Å². The molecule has 1 saturated heterocycles. The monoisotopic (exact) mass is 396 g/mol. The van der Waals surface area contributed by atoms with Crippen molar-refractivity contribution in [1.29, 1.82) is 0 Å². The number of carbonyl (C=O) groups excluding carboxylic acids is 1. The van der Waals surface area contributed by atoms with Crippen molar-refractivity contribution >= 4 is 41.7 Å². The molecule has 0 aliphatic carbocycles. The Kier molecular flexibility index (Phi) is 7.20. The van der Waals surface area contributed by atoms with Gasteiger partial charge in [0.2, 0.25) is 5.91 Å². The summed E-state index contributed by atoms with van der Waals surface area (Å²) in [6.45, 7) is 3.25. The number of rotatable bonds is 4. The van der Waals surface area contributed by atoms with Crippen molar-refractivity contribution in [3.8, 4) is 0 Å². The SMILES string of the molecule is CC(Sc1ccc(Cl)cc1)C(=O)N1C[C@@H](N)[C@H](c2ccccc2)C1.Cl. The molecule has 0 saturated carbocycles. The molecular weight excluding hydrogens is 375 g/mol. The molecule has 0 spiro atoms. The second-order valence-corrected chi connectivity index (χ2v) is 7.99. The van der Waals surface area contributed by atoms with E-state index in [0.717, 1.165) is 4.90 Å². The van der Waals surface area contributed by atoms with E-state index in [9.17, 15) is 4.79 Å². The van der Waals surface area contributed by atoms with Crippen LogP contribution in [0.5, 0.6) is 0 Å². The second kappa shape index (κ2) is 8.95. The standard InChI is InChI=1S/C19H21ClN2OS.ClH/c1-13(24-16-9-7-15(20)8-10-16)19(23)22-11-17(18(21)12-22)14-5-3-2-4-6-14;/h2-10,13,17-18H,11-12,21H2,1H3;1H/t13?,17-,18+;/m0./s1. The minimum Gasteiger partial charge on any atom is -0.339 e. The first-order chi connectivity index (χ1) is 11.5. The van der Waals surface area contributed by atoms with Crippen molar-refractivity contribution in [2.45, 2.75) is 29.0 Å². The Morgan fingerprint density at radius 2 is 1.80 bits per heavy atom. The summed E-state index contributed by atoms with van der Waals surface area (Å²) in [6, 6.07) is 17.8. The average Bonchev–Trinajstić information content (AvgIpc) is 2.99. The molecular formula is C19H22Cl2N2OS. The number of nitrogens with two attached hydrogens (primary N) is 1. The number of likely N-dealkylation sites (tertiary alicyclic amines) is 1. The van der Waals surface area contributed by atoms with E-state index in [4.69, 9.17) is 17.3 Å². The van der Waals surface area contributed by atoms with Gasteiger partial charge in [-0.15, -0.1) is 24.2 Å². The largest absolute Gasteiger partial charge is 0.339 e. The van der Waals surface area contributed by atoms with E-state index in [0.29, 0.717) is 18.1 Å². The highest BCUT2D eigenvalue weighted by molar-refractivity contribution is 8.00. The van der Waals surface area contributed by atoms with E-state index in [1.807, 2.05) is 54.3 Å². The number of hydrogen-bond acceptors (Lipinski definition) is 3. The molecule has 6 heteroatoms. The van der Waals surface area contributed by atoms with Crippen LogP contribution in [-0.2, 0) is 4.79 Å². The summed E-state index contributed by atoms with van der Waals surface area (Å²) in [4.78, 5) is 15.7. The van der Waals surface area contributed by atoms with Crippen LogP contribution < -0.4 is 5.73 Å².